The van der Waals surface area contributed by atoms with E-state index in [-0.39, 0.29) is 29.9 Å². The Morgan fingerprint density at radius 3 is 2.32 bits per heavy atom. The molecule has 0 aliphatic carbocycles. The maximum Gasteiger partial charge on any atom is 0.251 e. The van der Waals surface area contributed by atoms with E-state index in [1.54, 1.807) is 18.2 Å². The van der Waals surface area contributed by atoms with Crippen molar-refractivity contribution < 1.29 is 14.7 Å². The first-order valence-electron chi connectivity index (χ1n) is 8.86. The van der Waals surface area contributed by atoms with Crippen LogP contribution in [-0.2, 0) is 4.79 Å². The molecule has 0 aliphatic rings. The summed E-state index contributed by atoms with van der Waals surface area (Å²) in [5.74, 6) is 0.105. The maximum absolute atomic E-state index is 12.5. The van der Waals surface area contributed by atoms with Crippen LogP contribution in [0.25, 0.3) is 0 Å². The Bertz CT molecular complexity index is 603. The van der Waals surface area contributed by atoms with Gasteiger partial charge in [-0.25, -0.2) is 0 Å². The molecule has 1 rings (SSSR count). The number of carbonyl (C=O) groups is 2. The molecule has 0 saturated carbocycles. The fourth-order valence-corrected chi connectivity index (χ4v) is 2.61. The van der Waals surface area contributed by atoms with Gasteiger partial charge >= 0.3 is 0 Å². The number of carbonyl (C=O) groups excluding carboxylic acids is 2. The third kappa shape index (κ3) is 6.86. The highest BCUT2D eigenvalue weighted by Crippen LogP contribution is 2.23. The number of anilines is 1. The molecule has 1 unspecified atom stereocenters. The summed E-state index contributed by atoms with van der Waals surface area (Å²) in [4.78, 5) is 24.4. The molecular weight excluding hydrogens is 316 g/mol. The van der Waals surface area contributed by atoms with Crippen LogP contribution in [0.4, 0.5) is 5.69 Å². The van der Waals surface area contributed by atoms with Gasteiger partial charge in [-0.3, -0.25) is 9.59 Å². The molecular formula is C20H32N2O3. The second-order valence-corrected chi connectivity index (χ2v) is 8.08. The van der Waals surface area contributed by atoms with Crippen LogP contribution in [0.3, 0.4) is 0 Å². The fraction of sp³-hybridized carbons (Fsp3) is 0.600. The third-order valence-electron chi connectivity index (χ3n) is 4.12. The number of amides is 2. The molecule has 0 aliphatic heterocycles. The molecule has 0 bridgehead atoms. The molecule has 0 radical (unpaired) electrons. The van der Waals surface area contributed by atoms with Crippen molar-refractivity contribution in [3.05, 3.63) is 29.3 Å². The molecule has 0 spiro atoms. The number of aryl methyl sites for hydroxylation is 1. The zero-order valence-corrected chi connectivity index (χ0v) is 16.3. The molecule has 1 aromatic carbocycles. The van der Waals surface area contributed by atoms with Crippen molar-refractivity contribution in [3.8, 4) is 0 Å². The normalized spacial score (nSPS) is 12.8. The summed E-state index contributed by atoms with van der Waals surface area (Å²) >= 11 is 0. The number of aliphatic hydroxyl groups excluding tert-OH is 1. The van der Waals surface area contributed by atoms with Gasteiger partial charge in [-0.15, -0.1) is 0 Å². The number of hydrogen-bond acceptors (Lipinski definition) is 3. The largest absolute Gasteiger partial charge is 0.396 e. The standard InChI is InChI=1S/C20H32N2O3/c1-13(2)11-18(24)21-16-8-7-15(12-14(16)3)19(25)22-17(9-10-23)20(4,5)6/h7-8,12-13,17,23H,9-11H2,1-6H3,(H,21,24)(H,22,25). The Kier molecular flexibility index (Phi) is 7.61. The molecule has 0 saturated heterocycles. The van der Waals surface area contributed by atoms with Gasteiger partial charge < -0.3 is 15.7 Å². The summed E-state index contributed by atoms with van der Waals surface area (Å²) in [7, 11) is 0. The molecule has 5 nitrogen and oxygen atoms in total. The summed E-state index contributed by atoms with van der Waals surface area (Å²) in [6.07, 6.45) is 0.980. The molecule has 1 atom stereocenters. The van der Waals surface area contributed by atoms with E-state index < -0.39 is 0 Å². The smallest absolute Gasteiger partial charge is 0.251 e. The average Bonchev–Trinajstić information content (AvgIpc) is 2.47. The van der Waals surface area contributed by atoms with Gasteiger partial charge in [0.05, 0.1) is 0 Å². The minimum atomic E-state index is -0.170. The first-order valence-corrected chi connectivity index (χ1v) is 8.86. The summed E-state index contributed by atoms with van der Waals surface area (Å²) in [6.45, 7) is 12.0. The van der Waals surface area contributed by atoms with Crippen LogP contribution in [0.15, 0.2) is 18.2 Å². The van der Waals surface area contributed by atoms with Crippen LogP contribution in [0.2, 0.25) is 0 Å². The van der Waals surface area contributed by atoms with Gasteiger partial charge in [-0.05, 0) is 48.4 Å². The molecule has 25 heavy (non-hydrogen) atoms. The quantitative estimate of drug-likeness (QED) is 0.705. The van der Waals surface area contributed by atoms with Crippen molar-refractivity contribution in [2.24, 2.45) is 11.3 Å². The van der Waals surface area contributed by atoms with Crippen molar-refractivity contribution in [3.63, 3.8) is 0 Å². The van der Waals surface area contributed by atoms with Crippen molar-refractivity contribution in [2.45, 2.75) is 60.4 Å². The first kappa shape index (κ1) is 21.2. The van der Waals surface area contributed by atoms with Gasteiger partial charge in [0.15, 0.2) is 0 Å². The summed E-state index contributed by atoms with van der Waals surface area (Å²) in [6, 6.07) is 5.14. The number of aliphatic hydroxyl groups is 1. The molecule has 0 fully saturated rings. The van der Waals surface area contributed by atoms with Gasteiger partial charge in [0.2, 0.25) is 5.91 Å². The molecule has 2 amide bonds. The van der Waals surface area contributed by atoms with Gasteiger partial charge in [-0.1, -0.05) is 34.6 Å². The van der Waals surface area contributed by atoms with Gasteiger partial charge in [-0.2, -0.15) is 0 Å². The van der Waals surface area contributed by atoms with E-state index in [1.165, 1.54) is 0 Å². The zero-order valence-electron chi connectivity index (χ0n) is 16.3. The molecule has 3 N–H and O–H groups in total. The van der Waals surface area contributed by atoms with Crippen LogP contribution in [0.5, 0.6) is 0 Å². The Labute approximate surface area is 151 Å². The third-order valence-corrected chi connectivity index (χ3v) is 4.12. The number of rotatable bonds is 7. The molecule has 140 valence electrons. The SMILES string of the molecule is Cc1cc(C(=O)NC(CCO)C(C)(C)C)ccc1NC(=O)CC(C)C. The lowest BCUT2D eigenvalue weighted by molar-refractivity contribution is -0.116. The average molecular weight is 348 g/mol. The summed E-state index contributed by atoms with van der Waals surface area (Å²) in [5.41, 5.74) is 1.98. The monoisotopic (exact) mass is 348 g/mol. The minimum Gasteiger partial charge on any atom is -0.396 e. The van der Waals surface area contributed by atoms with Crippen LogP contribution >= 0.6 is 0 Å². The van der Waals surface area contributed by atoms with E-state index in [0.717, 1.165) is 11.3 Å². The lowest BCUT2D eigenvalue weighted by Gasteiger charge is -2.31. The highest BCUT2D eigenvalue weighted by Gasteiger charge is 2.26. The lowest BCUT2D eigenvalue weighted by Crippen LogP contribution is -2.44. The Balaban J connectivity index is 2.84. The summed E-state index contributed by atoms with van der Waals surface area (Å²) in [5, 5.41) is 15.1. The van der Waals surface area contributed by atoms with E-state index >= 15 is 0 Å². The molecule has 0 heterocycles. The summed E-state index contributed by atoms with van der Waals surface area (Å²) < 4.78 is 0. The van der Waals surface area contributed by atoms with Crippen molar-refractivity contribution >= 4 is 17.5 Å². The van der Waals surface area contributed by atoms with Crippen LogP contribution in [-0.4, -0.2) is 29.6 Å². The Hall–Kier alpha value is -1.88. The van der Waals surface area contributed by atoms with E-state index in [0.29, 0.717) is 24.3 Å². The van der Waals surface area contributed by atoms with E-state index in [1.807, 2.05) is 41.5 Å². The highest BCUT2D eigenvalue weighted by molar-refractivity contribution is 5.96. The Morgan fingerprint density at radius 1 is 1.20 bits per heavy atom. The van der Waals surface area contributed by atoms with Gasteiger partial charge in [0.1, 0.15) is 0 Å². The number of hydrogen-bond donors (Lipinski definition) is 3. The lowest BCUT2D eigenvalue weighted by atomic mass is 9.84. The van der Waals surface area contributed by atoms with Crippen molar-refractivity contribution in [2.75, 3.05) is 11.9 Å². The first-order chi connectivity index (χ1) is 11.5. The Morgan fingerprint density at radius 2 is 1.84 bits per heavy atom. The van der Waals surface area contributed by atoms with Crippen molar-refractivity contribution in [1.29, 1.82) is 0 Å². The second kappa shape index (κ2) is 8.99. The minimum absolute atomic E-state index is 0.0222. The number of nitrogens with one attached hydrogen (secondary N) is 2. The maximum atomic E-state index is 12.5. The van der Waals surface area contributed by atoms with E-state index in [2.05, 4.69) is 10.6 Å². The second-order valence-electron chi connectivity index (χ2n) is 8.08. The predicted molar refractivity (Wildman–Crippen MR) is 102 cm³/mol. The zero-order chi connectivity index (χ0) is 19.2. The van der Waals surface area contributed by atoms with E-state index in [4.69, 9.17) is 0 Å². The molecule has 1 aromatic rings. The number of benzene rings is 1. The van der Waals surface area contributed by atoms with Crippen LogP contribution in [0.1, 0.15) is 63.4 Å². The molecule has 0 aromatic heterocycles. The molecule has 5 heteroatoms. The predicted octanol–water partition coefficient (Wildman–Crippen LogP) is 3.51. The van der Waals surface area contributed by atoms with Gasteiger partial charge in [0.25, 0.3) is 5.91 Å². The van der Waals surface area contributed by atoms with Crippen LogP contribution in [0, 0.1) is 18.3 Å². The van der Waals surface area contributed by atoms with Crippen LogP contribution < -0.4 is 10.6 Å². The fourth-order valence-electron chi connectivity index (χ4n) is 2.61. The highest BCUT2D eigenvalue weighted by atomic mass is 16.3. The topological polar surface area (TPSA) is 78.4 Å². The van der Waals surface area contributed by atoms with E-state index in [9.17, 15) is 14.7 Å². The van der Waals surface area contributed by atoms with Gasteiger partial charge in [0, 0.05) is 30.3 Å². The van der Waals surface area contributed by atoms with Crippen molar-refractivity contribution in [1.82, 2.24) is 5.32 Å².